The maximum Gasteiger partial charge on any atom is 0.339 e. The summed E-state index contributed by atoms with van der Waals surface area (Å²) in [7, 11) is 1.21. The number of ether oxygens (including phenoxy) is 1. The predicted octanol–water partition coefficient (Wildman–Crippen LogP) is 3.24. The normalized spacial score (nSPS) is 10.2. The number of benzene rings is 1. The first kappa shape index (κ1) is 15.0. The fourth-order valence-corrected chi connectivity index (χ4v) is 2.63. The highest BCUT2D eigenvalue weighted by molar-refractivity contribution is 7.99. The lowest BCUT2D eigenvalue weighted by atomic mass is 10.2. The summed E-state index contributed by atoms with van der Waals surface area (Å²) in [5, 5.41) is 11.4. The van der Waals surface area contributed by atoms with Crippen molar-refractivity contribution in [1.29, 1.82) is 0 Å². The molecule has 0 bridgehead atoms. The quantitative estimate of drug-likeness (QED) is 0.490. The first-order chi connectivity index (χ1) is 10.0. The van der Waals surface area contributed by atoms with E-state index in [4.69, 9.17) is 0 Å². The van der Waals surface area contributed by atoms with Crippen molar-refractivity contribution in [2.24, 2.45) is 0 Å². The lowest BCUT2D eigenvalue weighted by Crippen LogP contribution is -2.04. The van der Waals surface area contributed by atoms with Gasteiger partial charge < -0.3 is 4.74 Å². The Morgan fingerprint density at radius 1 is 1.38 bits per heavy atom. The molecule has 0 unspecified atom stereocenters. The largest absolute Gasteiger partial charge is 0.465 e. The van der Waals surface area contributed by atoms with Crippen LogP contribution in [-0.4, -0.2) is 23.0 Å². The summed E-state index contributed by atoms with van der Waals surface area (Å²) in [4.78, 5) is 26.9. The zero-order chi connectivity index (χ0) is 15.4. The van der Waals surface area contributed by atoms with Crippen LogP contribution < -0.4 is 0 Å². The fourth-order valence-electron chi connectivity index (χ4n) is 1.67. The van der Waals surface area contributed by atoms with Crippen molar-refractivity contribution in [3.8, 4) is 0 Å². The van der Waals surface area contributed by atoms with E-state index in [1.165, 1.54) is 31.1 Å². The van der Waals surface area contributed by atoms with Gasteiger partial charge >= 0.3 is 11.7 Å². The minimum Gasteiger partial charge on any atom is -0.465 e. The molecular weight excluding hydrogens is 292 g/mol. The molecule has 0 spiro atoms. The van der Waals surface area contributed by atoms with Crippen LogP contribution >= 0.6 is 11.8 Å². The van der Waals surface area contributed by atoms with E-state index in [0.29, 0.717) is 0 Å². The summed E-state index contributed by atoms with van der Waals surface area (Å²) in [5.74, 6) is -0.655. The number of rotatable bonds is 4. The van der Waals surface area contributed by atoms with Crippen molar-refractivity contribution in [3.63, 3.8) is 0 Å². The molecule has 2 aromatic rings. The number of nitro groups is 1. The molecule has 0 aliphatic heterocycles. The second-order valence-electron chi connectivity index (χ2n) is 4.22. The molecule has 1 aromatic heterocycles. The zero-order valence-electron chi connectivity index (χ0n) is 11.4. The topological polar surface area (TPSA) is 82.3 Å². The summed E-state index contributed by atoms with van der Waals surface area (Å²) in [6.07, 6.45) is 1.27. The summed E-state index contributed by atoms with van der Waals surface area (Å²) < 4.78 is 4.54. The van der Waals surface area contributed by atoms with Crippen LogP contribution in [-0.2, 0) is 4.74 Å². The van der Waals surface area contributed by atoms with Crippen molar-refractivity contribution in [2.45, 2.75) is 16.8 Å². The van der Waals surface area contributed by atoms with Gasteiger partial charge in [0.25, 0.3) is 0 Å². The summed E-state index contributed by atoms with van der Waals surface area (Å²) in [6, 6.07) is 8.73. The first-order valence-corrected chi connectivity index (χ1v) is 6.80. The SMILES string of the molecule is COC(=O)c1cnc(Sc2cccc(C)c2)c([N+](=O)[O-])c1. The third-order valence-corrected chi connectivity index (χ3v) is 3.65. The smallest absolute Gasteiger partial charge is 0.339 e. The van der Waals surface area contributed by atoms with Gasteiger partial charge in [0, 0.05) is 17.2 Å². The number of aromatic nitrogens is 1. The molecule has 0 radical (unpaired) electrons. The number of nitrogens with zero attached hydrogens (tertiary/aromatic N) is 2. The molecule has 7 heteroatoms. The monoisotopic (exact) mass is 304 g/mol. The van der Waals surface area contributed by atoms with Crippen LogP contribution in [0.3, 0.4) is 0 Å². The minimum absolute atomic E-state index is 0.0535. The molecule has 0 aliphatic rings. The molecule has 108 valence electrons. The van der Waals surface area contributed by atoms with Gasteiger partial charge in [0.1, 0.15) is 0 Å². The molecule has 0 amide bonds. The molecular formula is C14H12N2O4S. The standard InChI is InChI=1S/C14H12N2O4S/c1-9-4-3-5-11(6-9)21-13-12(16(18)19)7-10(8-15-13)14(17)20-2/h3-8H,1-2H3. The number of esters is 1. The number of pyridine rings is 1. The number of aryl methyl sites for hydroxylation is 1. The van der Waals surface area contributed by atoms with Crippen LogP contribution in [0.15, 0.2) is 46.5 Å². The van der Waals surface area contributed by atoms with Gasteiger partial charge in [-0.15, -0.1) is 0 Å². The summed E-state index contributed by atoms with van der Waals surface area (Å²) in [5.41, 5.74) is 0.885. The third kappa shape index (κ3) is 3.57. The Morgan fingerprint density at radius 3 is 2.76 bits per heavy atom. The predicted molar refractivity (Wildman–Crippen MR) is 77.5 cm³/mol. The average molecular weight is 304 g/mol. The second-order valence-corrected chi connectivity index (χ2v) is 5.28. The van der Waals surface area contributed by atoms with Crippen LogP contribution in [0.5, 0.6) is 0 Å². The van der Waals surface area contributed by atoms with Gasteiger partial charge in [0.05, 0.1) is 17.6 Å². The van der Waals surface area contributed by atoms with Gasteiger partial charge in [-0.25, -0.2) is 9.78 Å². The zero-order valence-corrected chi connectivity index (χ0v) is 12.2. The molecule has 0 aliphatic carbocycles. The van der Waals surface area contributed by atoms with Crippen molar-refractivity contribution in [1.82, 2.24) is 4.98 Å². The minimum atomic E-state index is -0.655. The van der Waals surface area contributed by atoms with Crippen LogP contribution in [0.4, 0.5) is 5.69 Å². The van der Waals surface area contributed by atoms with Gasteiger partial charge in [-0.3, -0.25) is 10.1 Å². The number of hydrogen-bond acceptors (Lipinski definition) is 6. The van der Waals surface area contributed by atoms with Crippen LogP contribution in [0.1, 0.15) is 15.9 Å². The lowest BCUT2D eigenvalue weighted by Gasteiger charge is -2.05. The van der Waals surface area contributed by atoms with E-state index in [2.05, 4.69) is 9.72 Å². The molecule has 0 atom stereocenters. The number of methoxy groups -OCH3 is 1. The number of carbonyl (C=O) groups is 1. The van der Waals surface area contributed by atoms with E-state index in [0.717, 1.165) is 10.5 Å². The Labute approximate surface area is 125 Å². The highest BCUT2D eigenvalue weighted by Crippen LogP contribution is 2.33. The Balaban J connectivity index is 2.39. The maximum absolute atomic E-state index is 11.4. The van der Waals surface area contributed by atoms with E-state index in [1.807, 2.05) is 31.2 Å². The number of hydrogen-bond donors (Lipinski definition) is 0. The molecule has 0 N–H and O–H groups in total. The van der Waals surface area contributed by atoms with E-state index >= 15 is 0 Å². The number of carbonyl (C=O) groups excluding carboxylic acids is 1. The Hall–Kier alpha value is -2.41. The van der Waals surface area contributed by atoms with Gasteiger partial charge in [0.15, 0.2) is 5.03 Å². The van der Waals surface area contributed by atoms with E-state index in [1.54, 1.807) is 0 Å². The van der Waals surface area contributed by atoms with Crippen molar-refractivity contribution >= 4 is 23.4 Å². The third-order valence-electron chi connectivity index (χ3n) is 2.65. The van der Waals surface area contributed by atoms with Crippen molar-refractivity contribution in [3.05, 3.63) is 57.8 Å². The Morgan fingerprint density at radius 2 is 2.14 bits per heavy atom. The van der Waals surface area contributed by atoms with Gasteiger partial charge in [-0.05, 0) is 19.1 Å². The Kier molecular flexibility index (Phi) is 4.54. The Bertz CT molecular complexity index is 703. The summed E-state index contributed by atoms with van der Waals surface area (Å²) in [6.45, 7) is 1.94. The van der Waals surface area contributed by atoms with E-state index < -0.39 is 10.9 Å². The first-order valence-electron chi connectivity index (χ1n) is 5.98. The van der Waals surface area contributed by atoms with Crippen LogP contribution in [0, 0.1) is 17.0 Å². The molecule has 1 aromatic carbocycles. The maximum atomic E-state index is 11.4. The molecule has 2 rings (SSSR count). The molecule has 0 saturated heterocycles. The van der Waals surface area contributed by atoms with Crippen molar-refractivity contribution < 1.29 is 14.5 Å². The average Bonchev–Trinajstić information content (AvgIpc) is 2.46. The van der Waals surface area contributed by atoms with E-state index in [9.17, 15) is 14.9 Å². The van der Waals surface area contributed by atoms with Gasteiger partial charge in [-0.2, -0.15) is 0 Å². The molecule has 6 nitrogen and oxygen atoms in total. The summed E-state index contributed by atoms with van der Waals surface area (Å²) >= 11 is 1.18. The van der Waals surface area contributed by atoms with Crippen molar-refractivity contribution in [2.75, 3.05) is 7.11 Å². The molecule has 0 fully saturated rings. The highest BCUT2D eigenvalue weighted by Gasteiger charge is 2.20. The van der Waals surface area contributed by atoms with Crippen LogP contribution in [0.25, 0.3) is 0 Å². The van der Waals surface area contributed by atoms with E-state index in [-0.39, 0.29) is 16.3 Å². The lowest BCUT2D eigenvalue weighted by molar-refractivity contribution is -0.388. The second kappa shape index (κ2) is 6.36. The molecule has 0 saturated carbocycles. The fraction of sp³-hybridized carbons (Fsp3) is 0.143. The van der Waals surface area contributed by atoms with Gasteiger partial charge in [0.2, 0.25) is 0 Å². The van der Waals surface area contributed by atoms with Crippen LogP contribution in [0.2, 0.25) is 0 Å². The molecule has 1 heterocycles. The highest BCUT2D eigenvalue weighted by atomic mass is 32.2. The molecule has 21 heavy (non-hydrogen) atoms. The van der Waals surface area contributed by atoms with Gasteiger partial charge in [-0.1, -0.05) is 29.5 Å².